The molecule has 0 aliphatic rings. The highest BCUT2D eigenvalue weighted by molar-refractivity contribution is 7.89. The molecule has 184 valence electrons. The topological polar surface area (TPSA) is 143 Å². The lowest BCUT2D eigenvalue weighted by molar-refractivity contribution is -0.130. The highest BCUT2D eigenvalue weighted by Crippen LogP contribution is 2.27. The average Bonchev–Trinajstić information content (AvgIpc) is 2.75. The molecule has 0 radical (unpaired) electrons. The molecular weight excluding hydrogens is 460 g/mol. The fourth-order valence-corrected chi connectivity index (χ4v) is 4.14. The van der Waals surface area contributed by atoms with Crippen molar-refractivity contribution in [1.29, 1.82) is 0 Å². The van der Waals surface area contributed by atoms with Crippen molar-refractivity contribution in [3.63, 3.8) is 0 Å². The number of nitrogens with one attached hydrogen (secondary N) is 4. The molecule has 4 N–H and O–H groups in total. The van der Waals surface area contributed by atoms with E-state index in [0.29, 0.717) is 11.4 Å². The summed E-state index contributed by atoms with van der Waals surface area (Å²) in [4.78, 5) is 35.3. The summed E-state index contributed by atoms with van der Waals surface area (Å²) in [6.07, 6.45) is 0. The number of carbonyl (C=O) groups excluding carboxylic acids is 3. The second-order valence-electron chi connectivity index (χ2n) is 8.07. The third kappa shape index (κ3) is 7.85. The van der Waals surface area contributed by atoms with Gasteiger partial charge in [0.05, 0.1) is 10.9 Å². The zero-order valence-electron chi connectivity index (χ0n) is 19.8. The summed E-state index contributed by atoms with van der Waals surface area (Å²) < 4.78 is 32.8. The summed E-state index contributed by atoms with van der Waals surface area (Å²) in [6, 6.07) is 10.0. The second-order valence-corrected chi connectivity index (χ2v) is 9.78. The number of hydrogen-bond acceptors (Lipinski definition) is 6. The fraction of sp³-hybridized carbons (Fsp3) is 0.348. The molecule has 0 bridgehead atoms. The summed E-state index contributed by atoms with van der Waals surface area (Å²) in [6.45, 7) is 8.28. The molecule has 2 rings (SSSR count). The molecular formula is C23H30N4O6S. The molecule has 0 fully saturated rings. The van der Waals surface area contributed by atoms with E-state index in [1.54, 1.807) is 0 Å². The molecule has 0 heterocycles. The van der Waals surface area contributed by atoms with E-state index in [4.69, 9.17) is 4.74 Å². The van der Waals surface area contributed by atoms with Gasteiger partial charge in [0.1, 0.15) is 5.75 Å². The lowest BCUT2D eigenvalue weighted by atomic mass is 10.0. The zero-order chi connectivity index (χ0) is 25.5. The highest BCUT2D eigenvalue weighted by Gasteiger charge is 2.22. The van der Waals surface area contributed by atoms with Crippen LogP contribution in [-0.2, 0) is 24.4 Å². The number of benzene rings is 2. The van der Waals surface area contributed by atoms with E-state index >= 15 is 0 Å². The lowest BCUT2D eigenvalue weighted by Gasteiger charge is -2.16. The van der Waals surface area contributed by atoms with Gasteiger partial charge in [-0.05, 0) is 61.2 Å². The Balaban J connectivity index is 1.88. The van der Waals surface area contributed by atoms with Crippen molar-refractivity contribution in [2.75, 3.05) is 11.9 Å². The summed E-state index contributed by atoms with van der Waals surface area (Å²) in [7, 11) is -4.01. The van der Waals surface area contributed by atoms with Crippen LogP contribution in [0.4, 0.5) is 5.69 Å². The maximum atomic E-state index is 12.5. The summed E-state index contributed by atoms with van der Waals surface area (Å²) >= 11 is 0. The fourth-order valence-electron chi connectivity index (χ4n) is 2.94. The Morgan fingerprint density at radius 2 is 1.62 bits per heavy atom. The molecule has 0 saturated carbocycles. The molecule has 34 heavy (non-hydrogen) atoms. The van der Waals surface area contributed by atoms with Crippen LogP contribution in [0.15, 0.2) is 47.4 Å². The van der Waals surface area contributed by atoms with E-state index in [2.05, 4.69) is 20.9 Å². The molecule has 0 saturated heterocycles. The van der Waals surface area contributed by atoms with Gasteiger partial charge in [-0.2, -0.15) is 4.72 Å². The Morgan fingerprint density at radius 3 is 2.21 bits per heavy atom. The maximum Gasteiger partial charge on any atom is 0.276 e. The molecule has 2 aromatic carbocycles. The van der Waals surface area contributed by atoms with E-state index in [0.717, 1.165) is 11.1 Å². The smallest absolute Gasteiger partial charge is 0.276 e. The van der Waals surface area contributed by atoms with Crippen molar-refractivity contribution in [3.05, 3.63) is 53.6 Å². The van der Waals surface area contributed by atoms with E-state index in [9.17, 15) is 22.8 Å². The van der Waals surface area contributed by atoms with Gasteiger partial charge in [-0.25, -0.2) is 8.42 Å². The van der Waals surface area contributed by atoms with Crippen molar-refractivity contribution in [1.82, 2.24) is 15.6 Å². The number of sulfonamides is 1. The van der Waals surface area contributed by atoms with Crippen molar-refractivity contribution in [2.24, 2.45) is 0 Å². The summed E-state index contributed by atoms with van der Waals surface area (Å²) in [5, 5.41) is 2.53. The van der Waals surface area contributed by atoms with Gasteiger partial charge in [-0.3, -0.25) is 25.2 Å². The Labute approximate surface area is 199 Å². The van der Waals surface area contributed by atoms with E-state index in [1.165, 1.54) is 38.1 Å². The number of aryl methyl sites for hydroxylation is 1. The van der Waals surface area contributed by atoms with Crippen LogP contribution in [0.2, 0.25) is 0 Å². The van der Waals surface area contributed by atoms with Crippen LogP contribution < -0.4 is 25.6 Å². The summed E-state index contributed by atoms with van der Waals surface area (Å²) in [5.74, 6) is -0.861. The van der Waals surface area contributed by atoms with Gasteiger partial charge in [-0.1, -0.05) is 26.0 Å². The van der Waals surface area contributed by atoms with Gasteiger partial charge in [0.15, 0.2) is 6.61 Å². The Bertz CT molecular complexity index is 1150. The van der Waals surface area contributed by atoms with Crippen LogP contribution in [0.3, 0.4) is 0 Å². The molecule has 10 nitrogen and oxygen atoms in total. The minimum Gasteiger partial charge on any atom is -0.483 e. The maximum absolute atomic E-state index is 12.5. The van der Waals surface area contributed by atoms with Crippen LogP contribution in [0.1, 0.15) is 44.7 Å². The summed E-state index contributed by atoms with van der Waals surface area (Å²) in [5.41, 5.74) is 6.77. The van der Waals surface area contributed by atoms with Gasteiger partial charge in [0.2, 0.25) is 15.9 Å². The van der Waals surface area contributed by atoms with E-state index in [1.807, 2.05) is 39.0 Å². The molecule has 0 spiro atoms. The quantitative estimate of drug-likeness (QED) is 0.396. The molecule has 0 aromatic heterocycles. The number of anilines is 1. The molecule has 0 aliphatic heterocycles. The third-order valence-corrected chi connectivity index (χ3v) is 6.24. The molecule has 0 aliphatic carbocycles. The first-order valence-corrected chi connectivity index (χ1v) is 12.1. The first-order valence-electron chi connectivity index (χ1n) is 10.6. The van der Waals surface area contributed by atoms with Crippen LogP contribution >= 0.6 is 0 Å². The van der Waals surface area contributed by atoms with Crippen LogP contribution in [-0.4, -0.2) is 38.8 Å². The first kappa shape index (κ1) is 26.8. The highest BCUT2D eigenvalue weighted by atomic mass is 32.2. The number of hydrogen-bond donors (Lipinski definition) is 4. The SMILES string of the molecule is CC(=O)Nc1ccc(S(=O)(=O)N[C@@H](C)C(=O)NNC(=O)COc2cc(C)ccc2C(C)C)cc1. The monoisotopic (exact) mass is 490 g/mol. The lowest BCUT2D eigenvalue weighted by Crippen LogP contribution is -2.51. The van der Waals surface area contributed by atoms with Crippen LogP contribution in [0.25, 0.3) is 0 Å². The third-order valence-electron chi connectivity index (χ3n) is 4.69. The van der Waals surface area contributed by atoms with Crippen molar-refractivity contribution in [2.45, 2.75) is 51.5 Å². The second kappa shape index (κ2) is 11.6. The van der Waals surface area contributed by atoms with Crippen LogP contribution in [0, 0.1) is 6.92 Å². The first-order chi connectivity index (χ1) is 15.9. The number of amides is 3. The normalized spacial score (nSPS) is 12.1. The average molecular weight is 491 g/mol. The Hall–Kier alpha value is -3.44. The molecule has 0 unspecified atom stereocenters. The van der Waals surface area contributed by atoms with E-state index < -0.39 is 27.9 Å². The molecule has 2 aromatic rings. The predicted molar refractivity (Wildman–Crippen MR) is 128 cm³/mol. The minimum atomic E-state index is -4.01. The minimum absolute atomic E-state index is 0.0854. The van der Waals surface area contributed by atoms with Gasteiger partial charge >= 0.3 is 0 Å². The van der Waals surface area contributed by atoms with Gasteiger partial charge in [0.25, 0.3) is 11.8 Å². The van der Waals surface area contributed by atoms with E-state index in [-0.39, 0.29) is 23.3 Å². The number of rotatable bonds is 9. The molecule has 3 amide bonds. The number of ether oxygens (including phenoxy) is 1. The van der Waals surface area contributed by atoms with Gasteiger partial charge in [-0.15, -0.1) is 0 Å². The van der Waals surface area contributed by atoms with Crippen molar-refractivity contribution < 1.29 is 27.5 Å². The molecule has 1 atom stereocenters. The Kier molecular flexibility index (Phi) is 9.16. The van der Waals surface area contributed by atoms with Gasteiger partial charge < -0.3 is 10.1 Å². The predicted octanol–water partition coefficient (Wildman–Crippen LogP) is 1.97. The largest absolute Gasteiger partial charge is 0.483 e. The van der Waals surface area contributed by atoms with Crippen LogP contribution in [0.5, 0.6) is 5.75 Å². The zero-order valence-corrected chi connectivity index (χ0v) is 20.6. The number of hydrazine groups is 1. The van der Waals surface area contributed by atoms with Gasteiger partial charge in [0, 0.05) is 12.6 Å². The molecule has 11 heteroatoms. The van der Waals surface area contributed by atoms with Crippen molar-refractivity contribution >= 4 is 33.4 Å². The standard InChI is InChI=1S/C23H30N4O6S/c1-14(2)20-11-6-15(3)12-21(20)33-13-22(29)25-26-23(30)16(4)27-34(31,32)19-9-7-18(8-10-19)24-17(5)28/h6-12,14,16,27H,13H2,1-5H3,(H,24,28)(H,25,29)(H,26,30)/t16-/m0/s1. The Morgan fingerprint density at radius 1 is 0.971 bits per heavy atom. The van der Waals surface area contributed by atoms with Crippen molar-refractivity contribution in [3.8, 4) is 5.75 Å². The number of carbonyl (C=O) groups is 3.